The maximum atomic E-state index is 5.43. The smallest absolute Gasteiger partial charge is 0.160 e. The van der Waals surface area contributed by atoms with E-state index >= 15 is 0 Å². The van der Waals surface area contributed by atoms with Gasteiger partial charge in [-0.2, -0.15) is 0 Å². The van der Waals surface area contributed by atoms with Crippen molar-refractivity contribution in [3.05, 3.63) is 66.7 Å². The number of methoxy groups -OCH3 is 2. The SMILES string of the molecule is COc1ccc(CCN2CCC(CCNc3ccc(-n4ccnc4)cc3)CC2)cc1OC. The van der Waals surface area contributed by atoms with Gasteiger partial charge >= 0.3 is 0 Å². The third-order valence-corrected chi connectivity index (χ3v) is 6.42. The predicted octanol–water partition coefficient (Wildman–Crippen LogP) is 4.65. The molecule has 6 nitrogen and oxygen atoms in total. The standard InChI is InChI=1S/C26H34N4O2/c1-31-25-8-3-22(19-26(25)32-2)12-17-29-15-10-21(11-16-29)9-13-28-23-4-6-24(7-5-23)30-18-14-27-20-30/h3-8,14,18-21,28H,9-13,15-17H2,1-2H3. The summed E-state index contributed by atoms with van der Waals surface area (Å²) >= 11 is 0. The highest BCUT2D eigenvalue weighted by molar-refractivity contribution is 5.48. The molecule has 2 aromatic carbocycles. The molecule has 0 saturated carbocycles. The van der Waals surface area contributed by atoms with Gasteiger partial charge in [-0.3, -0.25) is 0 Å². The Morgan fingerprint density at radius 2 is 1.78 bits per heavy atom. The number of likely N-dealkylation sites (tertiary alicyclic amines) is 1. The number of imidazole rings is 1. The number of rotatable bonds is 10. The third kappa shape index (κ3) is 5.82. The lowest BCUT2D eigenvalue weighted by Gasteiger charge is -2.32. The molecule has 0 amide bonds. The molecule has 4 rings (SSSR count). The minimum Gasteiger partial charge on any atom is -0.493 e. The summed E-state index contributed by atoms with van der Waals surface area (Å²) in [4.78, 5) is 6.69. The summed E-state index contributed by atoms with van der Waals surface area (Å²) in [7, 11) is 3.37. The maximum absolute atomic E-state index is 5.43. The van der Waals surface area contributed by atoms with Gasteiger partial charge in [-0.05, 0) is 86.7 Å². The van der Waals surface area contributed by atoms with Gasteiger partial charge in [0.15, 0.2) is 11.5 Å². The second-order valence-corrected chi connectivity index (χ2v) is 8.46. The summed E-state index contributed by atoms with van der Waals surface area (Å²) in [5, 5.41) is 3.58. The normalized spacial score (nSPS) is 14.9. The molecule has 1 saturated heterocycles. The summed E-state index contributed by atoms with van der Waals surface area (Å²) in [5.74, 6) is 2.41. The zero-order valence-corrected chi connectivity index (χ0v) is 19.2. The largest absolute Gasteiger partial charge is 0.493 e. The van der Waals surface area contributed by atoms with Crippen LogP contribution in [0.3, 0.4) is 0 Å². The molecule has 1 aromatic heterocycles. The number of nitrogens with zero attached hydrogens (tertiary/aromatic N) is 3. The lowest BCUT2D eigenvalue weighted by atomic mass is 9.93. The zero-order chi connectivity index (χ0) is 22.2. The van der Waals surface area contributed by atoms with Crippen LogP contribution in [0.1, 0.15) is 24.8 Å². The molecule has 1 fully saturated rings. The van der Waals surface area contributed by atoms with Crippen molar-refractivity contribution in [2.75, 3.05) is 45.7 Å². The van der Waals surface area contributed by atoms with E-state index in [0.29, 0.717) is 0 Å². The number of nitrogens with one attached hydrogen (secondary N) is 1. The first-order valence-electron chi connectivity index (χ1n) is 11.5. The first-order chi connectivity index (χ1) is 15.7. The van der Waals surface area contributed by atoms with Crippen LogP contribution in [0.5, 0.6) is 11.5 Å². The summed E-state index contributed by atoms with van der Waals surface area (Å²) < 4.78 is 12.8. The van der Waals surface area contributed by atoms with Gasteiger partial charge in [0.25, 0.3) is 0 Å². The molecular weight excluding hydrogens is 400 g/mol. The molecule has 0 unspecified atom stereocenters. The Labute approximate surface area is 191 Å². The van der Waals surface area contributed by atoms with Gasteiger partial charge in [-0.1, -0.05) is 6.07 Å². The van der Waals surface area contributed by atoms with Gasteiger partial charge in [0, 0.05) is 36.9 Å². The Kier molecular flexibility index (Phi) is 7.67. The summed E-state index contributed by atoms with van der Waals surface area (Å²) in [6.45, 7) is 4.51. The third-order valence-electron chi connectivity index (χ3n) is 6.42. The van der Waals surface area contributed by atoms with Crippen LogP contribution < -0.4 is 14.8 Å². The van der Waals surface area contributed by atoms with Crippen molar-refractivity contribution >= 4 is 5.69 Å². The number of benzene rings is 2. The Morgan fingerprint density at radius 3 is 2.47 bits per heavy atom. The average molecular weight is 435 g/mol. The fourth-order valence-corrected chi connectivity index (χ4v) is 4.41. The maximum Gasteiger partial charge on any atom is 0.160 e. The van der Waals surface area contributed by atoms with Crippen molar-refractivity contribution < 1.29 is 9.47 Å². The van der Waals surface area contributed by atoms with Crippen LogP contribution in [0.4, 0.5) is 5.69 Å². The van der Waals surface area contributed by atoms with Crippen LogP contribution in [0.15, 0.2) is 61.2 Å². The van der Waals surface area contributed by atoms with Gasteiger partial charge in [-0.15, -0.1) is 0 Å². The van der Waals surface area contributed by atoms with Gasteiger partial charge in [0.05, 0.1) is 20.5 Å². The molecule has 0 spiro atoms. The first kappa shape index (κ1) is 22.2. The molecule has 0 aliphatic carbocycles. The monoisotopic (exact) mass is 434 g/mol. The van der Waals surface area contributed by atoms with Crippen LogP contribution in [0.25, 0.3) is 5.69 Å². The minimum absolute atomic E-state index is 0.791. The van der Waals surface area contributed by atoms with E-state index in [1.807, 2.05) is 23.2 Å². The Morgan fingerprint density at radius 1 is 1.00 bits per heavy atom. The minimum atomic E-state index is 0.791. The summed E-state index contributed by atoms with van der Waals surface area (Å²) in [6, 6.07) is 14.8. The quantitative estimate of drug-likeness (QED) is 0.504. The Balaban J connectivity index is 1.15. The molecule has 1 N–H and O–H groups in total. The lowest BCUT2D eigenvalue weighted by molar-refractivity contribution is 0.183. The number of piperidine rings is 1. The predicted molar refractivity (Wildman–Crippen MR) is 129 cm³/mol. The molecule has 0 radical (unpaired) electrons. The molecule has 0 atom stereocenters. The van der Waals surface area contributed by atoms with Crippen molar-refractivity contribution in [1.29, 1.82) is 0 Å². The second kappa shape index (κ2) is 11.0. The molecule has 32 heavy (non-hydrogen) atoms. The van der Waals surface area contributed by atoms with Crippen molar-refractivity contribution in [2.45, 2.75) is 25.7 Å². The lowest BCUT2D eigenvalue weighted by Crippen LogP contribution is -2.35. The van der Waals surface area contributed by atoms with E-state index in [1.54, 1.807) is 20.4 Å². The van der Waals surface area contributed by atoms with E-state index in [0.717, 1.165) is 42.6 Å². The van der Waals surface area contributed by atoms with E-state index in [2.05, 4.69) is 51.6 Å². The van der Waals surface area contributed by atoms with Crippen LogP contribution in [0, 0.1) is 5.92 Å². The van der Waals surface area contributed by atoms with Crippen LogP contribution in [-0.4, -0.2) is 54.8 Å². The van der Waals surface area contributed by atoms with Gasteiger partial charge in [0.1, 0.15) is 0 Å². The van der Waals surface area contributed by atoms with E-state index in [-0.39, 0.29) is 0 Å². The first-order valence-corrected chi connectivity index (χ1v) is 11.5. The van der Waals surface area contributed by atoms with Gasteiger partial charge < -0.3 is 24.3 Å². The van der Waals surface area contributed by atoms with Crippen molar-refractivity contribution in [1.82, 2.24) is 14.5 Å². The molecule has 6 heteroatoms. The topological polar surface area (TPSA) is 51.5 Å². The number of ether oxygens (including phenoxy) is 2. The van der Waals surface area contributed by atoms with E-state index in [9.17, 15) is 0 Å². The summed E-state index contributed by atoms with van der Waals surface area (Å²) in [6.07, 6.45) is 10.4. The molecule has 1 aliphatic rings. The highest BCUT2D eigenvalue weighted by Crippen LogP contribution is 2.28. The molecule has 2 heterocycles. The van der Waals surface area contributed by atoms with Crippen LogP contribution >= 0.6 is 0 Å². The van der Waals surface area contributed by atoms with Crippen molar-refractivity contribution in [2.24, 2.45) is 5.92 Å². The number of anilines is 1. The average Bonchev–Trinajstić information content (AvgIpc) is 3.39. The van der Waals surface area contributed by atoms with Gasteiger partial charge in [-0.25, -0.2) is 4.98 Å². The van der Waals surface area contributed by atoms with E-state index < -0.39 is 0 Å². The van der Waals surface area contributed by atoms with E-state index in [4.69, 9.17) is 9.47 Å². The summed E-state index contributed by atoms with van der Waals surface area (Å²) in [5.41, 5.74) is 3.61. The molecule has 170 valence electrons. The number of aromatic nitrogens is 2. The fourth-order valence-electron chi connectivity index (χ4n) is 4.41. The van der Waals surface area contributed by atoms with Crippen molar-refractivity contribution in [3.8, 4) is 17.2 Å². The second-order valence-electron chi connectivity index (χ2n) is 8.46. The number of hydrogen-bond donors (Lipinski definition) is 1. The molecule has 0 bridgehead atoms. The zero-order valence-electron chi connectivity index (χ0n) is 19.2. The molecular formula is C26H34N4O2. The Bertz CT molecular complexity index is 948. The van der Waals surface area contributed by atoms with E-state index in [1.165, 1.54) is 43.6 Å². The van der Waals surface area contributed by atoms with Crippen molar-refractivity contribution in [3.63, 3.8) is 0 Å². The number of hydrogen-bond acceptors (Lipinski definition) is 5. The molecule has 3 aromatic rings. The Hall–Kier alpha value is -2.99. The molecule has 1 aliphatic heterocycles. The van der Waals surface area contributed by atoms with Gasteiger partial charge in [0.2, 0.25) is 0 Å². The highest BCUT2D eigenvalue weighted by atomic mass is 16.5. The van der Waals surface area contributed by atoms with Crippen LogP contribution in [-0.2, 0) is 6.42 Å². The highest BCUT2D eigenvalue weighted by Gasteiger charge is 2.18. The van der Waals surface area contributed by atoms with Crippen LogP contribution in [0.2, 0.25) is 0 Å². The fraction of sp³-hybridized carbons (Fsp3) is 0.423.